The van der Waals surface area contributed by atoms with Gasteiger partial charge in [0.05, 0.1) is 16.4 Å². The van der Waals surface area contributed by atoms with Gasteiger partial charge in [-0.1, -0.05) is 33.6 Å². The Morgan fingerprint density at radius 3 is 2.55 bits per heavy atom. The Morgan fingerprint density at radius 2 is 1.93 bits per heavy atom. The number of carbonyl (C=O) groups excluding carboxylic acids is 3. The van der Waals surface area contributed by atoms with Gasteiger partial charge in [-0.25, -0.2) is 9.69 Å². The molecule has 2 N–H and O–H groups in total. The molecule has 2 amide bonds. The summed E-state index contributed by atoms with van der Waals surface area (Å²) in [6.45, 7) is 5.53. The standard InChI is InChI=1S/C20H30BrNO7/c1-12(2)14-11-28-19(26)22(14)18(25)13(3)17-15(24)10-16(21)20(27,29-17)8-6-4-5-7-9-23/h10,12-14,17,23,27H,4-9,11H2,1-3H3/t13-,14+,17+,20+/m1/s1. The van der Waals surface area contributed by atoms with E-state index in [-0.39, 0.29) is 30.0 Å². The van der Waals surface area contributed by atoms with Crippen molar-refractivity contribution >= 4 is 33.7 Å². The van der Waals surface area contributed by atoms with Crippen LogP contribution in [0.25, 0.3) is 0 Å². The Kier molecular flexibility index (Phi) is 8.39. The van der Waals surface area contributed by atoms with Crippen LogP contribution in [-0.4, -0.2) is 64.0 Å². The molecule has 2 heterocycles. The van der Waals surface area contributed by atoms with E-state index in [2.05, 4.69) is 15.9 Å². The highest BCUT2D eigenvalue weighted by Crippen LogP contribution is 2.37. The number of aliphatic hydroxyl groups excluding tert-OH is 1. The highest BCUT2D eigenvalue weighted by atomic mass is 79.9. The molecule has 2 aliphatic rings. The van der Waals surface area contributed by atoms with Gasteiger partial charge in [0, 0.05) is 13.0 Å². The topological polar surface area (TPSA) is 113 Å². The van der Waals surface area contributed by atoms with Crippen molar-refractivity contribution in [1.82, 2.24) is 4.90 Å². The van der Waals surface area contributed by atoms with Gasteiger partial charge < -0.3 is 19.7 Å². The van der Waals surface area contributed by atoms with Gasteiger partial charge in [-0.05, 0) is 40.8 Å². The fourth-order valence-corrected chi connectivity index (χ4v) is 4.05. The maximum Gasteiger partial charge on any atom is 0.416 e. The molecule has 0 aromatic rings. The Labute approximate surface area is 179 Å². The SMILES string of the molecule is CC(C)[C@@H]1COC(=O)N1C(=O)[C@H](C)[C@@H]1O[C@@](O)(CCCCCCO)C(Br)=CC1=O. The molecule has 9 heteroatoms. The van der Waals surface area contributed by atoms with Gasteiger partial charge in [0.2, 0.25) is 5.91 Å². The van der Waals surface area contributed by atoms with Crippen LogP contribution >= 0.6 is 15.9 Å². The van der Waals surface area contributed by atoms with Crippen LogP contribution in [0.2, 0.25) is 0 Å². The van der Waals surface area contributed by atoms with E-state index in [9.17, 15) is 19.5 Å². The summed E-state index contributed by atoms with van der Waals surface area (Å²) >= 11 is 3.21. The smallest absolute Gasteiger partial charge is 0.416 e. The monoisotopic (exact) mass is 475 g/mol. The van der Waals surface area contributed by atoms with Gasteiger partial charge in [-0.3, -0.25) is 9.59 Å². The third kappa shape index (κ3) is 5.45. The summed E-state index contributed by atoms with van der Waals surface area (Å²) in [6.07, 6.45) is 2.47. The van der Waals surface area contributed by atoms with Crippen molar-refractivity contribution in [3.8, 4) is 0 Å². The number of hydrogen-bond acceptors (Lipinski definition) is 7. The summed E-state index contributed by atoms with van der Waals surface area (Å²) < 4.78 is 11.0. The van der Waals surface area contributed by atoms with Crippen molar-refractivity contribution in [2.45, 2.75) is 70.8 Å². The molecule has 0 spiro atoms. The van der Waals surface area contributed by atoms with E-state index in [1.54, 1.807) is 0 Å². The number of hydrogen-bond donors (Lipinski definition) is 2. The average molecular weight is 476 g/mol. The first-order valence-electron chi connectivity index (χ1n) is 10.0. The highest BCUT2D eigenvalue weighted by molar-refractivity contribution is 9.11. The fraction of sp³-hybridized carbons (Fsp3) is 0.750. The van der Waals surface area contributed by atoms with E-state index in [0.29, 0.717) is 12.8 Å². The summed E-state index contributed by atoms with van der Waals surface area (Å²) in [5.74, 6) is -3.68. The zero-order valence-electron chi connectivity index (χ0n) is 17.1. The molecule has 1 fully saturated rings. The lowest BCUT2D eigenvalue weighted by Gasteiger charge is -2.38. The first-order chi connectivity index (χ1) is 13.6. The molecule has 29 heavy (non-hydrogen) atoms. The van der Waals surface area contributed by atoms with Gasteiger partial charge in [-0.2, -0.15) is 0 Å². The fourth-order valence-electron chi connectivity index (χ4n) is 3.53. The zero-order valence-corrected chi connectivity index (χ0v) is 18.7. The van der Waals surface area contributed by atoms with Crippen LogP contribution in [0.3, 0.4) is 0 Å². The number of carbonyl (C=O) groups is 3. The second-order valence-electron chi connectivity index (χ2n) is 7.99. The number of cyclic esters (lactones) is 1. The largest absolute Gasteiger partial charge is 0.447 e. The summed E-state index contributed by atoms with van der Waals surface area (Å²) in [5, 5.41) is 19.8. The van der Waals surface area contributed by atoms with E-state index in [1.165, 1.54) is 13.0 Å². The molecule has 0 bridgehead atoms. The molecule has 0 radical (unpaired) electrons. The zero-order chi connectivity index (χ0) is 21.8. The summed E-state index contributed by atoms with van der Waals surface area (Å²) in [7, 11) is 0. The van der Waals surface area contributed by atoms with E-state index >= 15 is 0 Å². The number of imide groups is 1. The molecule has 4 atom stereocenters. The van der Waals surface area contributed by atoms with Crippen LogP contribution in [0.1, 0.15) is 52.9 Å². The van der Waals surface area contributed by atoms with Crippen LogP contribution in [0.4, 0.5) is 4.79 Å². The maximum absolute atomic E-state index is 13.0. The molecule has 0 aromatic carbocycles. The third-order valence-corrected chi connectivity index (χ3v) is 6.27. The second kappa shape index (κ2) is 10.1. The van der Waals surface area contributed by atoms with Crippen molar-refractivity contribution in [3.63, 3.8) is 0 Å². The maximum atomic E-state index is 13.0. The highest BCUT2D eigenvalue weighted by Gasteiger charge is 2.48. The Balaban J connectivity index is 2.11. The molecule has 8 nitrogen and oxygen atoms in total. The Bertz CT molecular complexity index is 665. The summed E-state index contributed by atoms with van der Waals surface area (Å²) in [4.78, 5) is 38.6. The minimum Gasteiger partial charge on any atom is -0.447 e. The normalized spacial score (nSPS) is 28.5. The molecule has 0 unspecified atom stereocenters. The van der Waals surface area contributed by atoms with Crippen molar-refractivity contribution in [2.75, 3.05) is 13.2 Å². The minimum atomic E-state index is -1.71. The number of nitrogens with zero attached hydrogens (tertiary/aromatic N) is 1. The quantitative estimate of drug-likeness (QED) is 0.492. The van der Waals surface area contributed by atoms with Gasteiger partial charge in [-0.15, -0.1) is 0 Å². The molecule has 164 valence electrons. The average Bonchev–Trinajstić information content (AvgIpc) is 3.05. The van der Waals surface area contributed by atoms with Crippen LogP contribution in [0.5, 0.6) is 0 Å². The first kappa shape index (κ1) is 24.0. The van der Waals surface area contributed by atoms with Gasteiger partial charge >= 0.3 is 6.09 Å². The molecule has 2 aliphatic heterocycles. The lowest BCUT2D eigenvalue weighted by atomic mass is 9.93. The van der Waals surface area contributed by atoms with E-state index in [0.717, 1.165) is 17.7 Å². The molecule has 2 rings (SSSR count). The van der Waals surface area contributed by atoms with Crippen LogP contribution in [0, 0.1) is 11.8 Å². The van der Waals surface area contributed by atoms with Crippen LogP contribution < -0.4 is 0 Å². The molecule has 1 saturated heterocycles. The second-order valence-corrected chi connectivity index (χ2v) is 8.84. The molecular formula is C20H30BrNO7. The van der Waals surface area contributed by atoms with Crippen LogP contribution in [-0.2, 0) is 19.1 Å². The number of amides is 2. The van der Waals surface area contributed by atoms with E-state index in [4.69, 9.17) is 14.6 Å². The van der Waals surface area contributed by atoms with Gasteiger partial charge in [0.1, 0.15) is 12.7 Å². The van der Waals surface area contributed by atoms with Crippen LogP contribution in [0.15, 0.2) is 10.6 Å². The Hall–Kier alpha value is -1.29. The predicted molar refractivity (Wildman–Crippen MR) is 108 cm³/mol. The molecular weight excluding hydrogens is 446 g/mol. The minimum absolute atomic E-state index is 0.00506. The van der Waals surface area contributed by atoms with Crippen molar-refractivity contribution in [3.05, 3.63) is 10.6 Å². The van der Waals surface area contributed by atoms with Crippen molar-refractivity contribution in [1.29, 1.82) is 0 Å². The number of unbranched alkanes of at least 4 members (excludes halogenated alkanes) is 3. The number of ether oxygens (including phenoxy) is 2. The van der Waals surface area contributed by atoms with Crippen molar-refractivity contribution in [2.24, 2.45) is 11.8 Å². The first-order valence-corrected chi connectivity index (χ1v) is 10.8. The Morgan fingerprint density at radius 1 is 1.28 bits per heavy atom. The number of rotatable bonds is 9. The lowest BCUT2D eigenvalue weighted by molar-refractivity contribution is -0.217. The third-order valence-electron chi connectivity index (χ3n) is 5.42. The molecule has 0 saturated carbocycles. The number of ketones is 1. The number of halogens is 1. The summed E-state index contributed by atoms with van der Waals surface area (Å²) in [6, 6.07) is -0.399. The molecule has 0 aliphatic carbocycles. The molecule has 0 aromatic heterocycles. The van der Waals surface area contributed by atoms with E-state index in [1.807, 2.05) is 13.8 Å². The number of aliphatic hydroxyl groups is 2. The van der Waals surface area contributed by atoms with Gasteiger partial charge in [0.15, 0.2) is 11.6 Å². The van der Waals surface area contributed by atoms with E-state index < -0.39 is 41.6 Å². The summed E-state index contributed by atoms with van der Waals surface area (Å²) in [5.41, 5.74) is 0. The predicted octanol–water partition coefficient (Wildman–Crippen LogP) is 2.50. The van der Waals surface area contributed by atoms with Crippen molar-refractivity contribution < 1.29 is 34.1 Å². The van der Waals surface area contributed by atoms with Gasteiger partial charge in [0.25, 0.3) is 0 Å². The lowest BCUT2D eigenvalue weighted by Crippen LogP contribution is -2.52.